The van der Waals surface area contributed by atoms with Gasteiger partial charge in [-0.3, -0.25) is 0 Å². The van der Waals surface area contributed by atoms with E-state index in [4.69, 9.17) is 0 Å². The number of anilines is 1. The monoisotopic (exact) mass is 281 g/mol. The van der Waals surface area contributed by atoms with Crippen LogP contribution < -0.4 is 5.32 Å². The van der Waals surface area contributed by atoms with E-state index in [2.05, 4.69) is 10.4 Å². The molecule has 3 nitrogen and oxygen atoms in total. The summed E-state index contributed by atoms with van der Waals surface area (Å²) in [6.45, 7) is 2.01. The van der Waals surface area contributed by atoms with Gasteiger partial charge in [0, 0.05) is 24.1 Å². The number of hydrogen-bond donors (Lipinski definition) is 1. The summed E-state index contributed by atoms with van der Waals surface area (Å²) in [4.78, 5) is 0. The van der Waals surface area contributed by atoms with E-state index in [1.54, 1.807) is 23.0 Å². The van der Waals surface area contributed by atoms with Crippen molar-refractivity contribution in [3.63, 3.8) is 0 Å². The third-order valence-electron chi connectivity index (χ3n) is 3.37. The molecule has 0 fully saturated rings. The maximum Gasteiger partial charge on any atom is 0.123 e. The Morgan fingerprint density at radius 3 is 2.57 bits per heavy atom. The zero-order chi connectivity index (χ0) is 14.7. The SMILES string of the molecule is CC(Nc1ccc(-n2cccn2)cc1)c1cccc(F)c1. The molecule has 0 aliphatic heterocycles. The molecule has 1 unspecified atom stereocenters. The van der Waals surface area contributed by atoms with Crippen LogP contribution in [-0.4, -0.2) is 9.78 Å². The molecule has 106 valence electrons. The van der Waals surface area contributed by atoms with Gasteiger partial charge in [0.25, 0.3) is 0 Å². The number of nitrogens with zero attached hydrogens (tertiary/aromatic N) is 2. The highest BCUT2D eigenvalue weighted by Gasteiger charge is 2.06. The second-order valence-electron chi connectivity index (χ2n) is 4.92. The molecular weight excluding hydrogens is 265 g/mol. The maximum absolute atomic E-state index is 13.2. The topological polar surface area (TPSA) is 29.9 Å². The van der Waals surface area contributed by atoms with Crippen LogP contribution in [0.15, 0.2) is 67.0 Å². The lowest BCUT2D eigenvalue weighted by Gasteiger charge is -2.16. The molecule has 1 aromatic heterocycles. The Morgan fingerprint density at radius 2 is 1.90 bits per heavy atom. The first-order chi connectivity index (χ1) is 10.2. The Labute approximate surface area is 123 Å². The van der Waals surface area contributed by atoms with Crippen molar-refractivity contribution in [2.24, 2.45) is 0 Å². The van der Waals surface area contributed by atoms with Crippen molar-refractivity contribution >= 4 is 5.69 Å². The van der Waals surface area contributed by atoms with Crippen molar-refractivity contribution < 1.29 is 4.39 Å². The first-order valence-electron chi connectivity index (χ1n) is 6.84. The van der Waals surface area contributed by atoms with Crippen LogP contribution in [0.5, 0.6) is 0 Å². The molecule has 0 aliphatic carbocycles. The number of nitrogens with one attached hydrogen (secondary N) is 1. The fourth-order valence-electron chi connectivity index (χ4n) is 2.24. The highest BCUT2D eigenvalue weighted by Crippen LogP contribution is 2.20. The summed E-state index contributed by atoms with van der Waals surface area (Å²) in [7, 11) is 0. The largest absolute Gasteiger partial charge is 0.379 e. The van der Waals surface area contributed by atoms with Gasteiger partial charge in [-0.15, -0.1) is 0 Å². The molecule has 1 N–H and O–H groups in total. The molecule has 0 bridgehead atoms. The third kappa shape index (κ3) is 3.11. The zero-order valence-corrected chi connectivity index (χ0v) is 11.7. The molecule has 3 aromatic rings. The van der Waals surface area contributed by atoms with Gasteiger partial charge in [-0.2, -0.15) is 5.10 Å². The molecule has 1 atom stereocenters. The van der Waals surface area contributed by atoms with Gasteiger partial charge >= 0.3 is 0 Å². The van der Waals surface area contributed by atoms with Crippen LogP contribution in [0, 0.1) is 5.82 Å². The summed E-state index contributed by atoms with van der Waals surface area (Å²) in [6.07, 6.45) is 3.65. The Morgan fingerprint density at radius 1 is 1.10 bits per heavy atom. The molecule has 0 radical (unpaired) electrons. The van der Waals surface area contributed by atoms with Gasteiger partial charge in [-0.25, -0.2) is 9.07 Å². The standard InChI is InChI=1S/C17H16FN3/c1-13(14-4-2-5-15(18)12-14)20-16-6-8-17(9-7-16)21-11-3-10-19-21/h2-13,20H,1H3. The van der Waals surface area contributed by atoms with Gasteiger partial charge in [0.15, 0.2) is 0 Å². The summed E-state index contributed by atoms with van der Waals surface area (Å²) >= 11 is 0. The Balaban J connectivity index is 1.73. The lowest BCUT2D eigenvalue weighted by atomic mass is 10.1. The van der Waals surface area contributed by atoms with Crippen molar-refractivity contribution in [3.05, 3.63) is 78.4 Å². The number of hydrogen-bond acceptors (Lipinski definition) is 2. The molecule has 1 heterocycles. The van der Waals surface area contributed by atoms with Crippen LogP contribution in [-0.2, 0) is 0 Å². The van der Waals surface area contributed by atoms with Crippen LogP contribution in [0.3, 0.4) is 0 Å². The molecule has 3 rings (SSSR count). The average Bonchev–Trinajstić information content (AvgIpc) is 3.02. The molecule has 21 heavy (non-hydrogen) atoms. The quantitative estimate of drug-likeness (QED) is 0.777. The number of halogens is 1. The van der Waals surface area contributed by atoms with Crippen LogP contribution in [0.25, 0.3) is 5.69 Å². The Kier molecular flexibility index (Phi) is 3.69. The second kappa shape index (κ2) is 5.79. The highest BCUT2D eigenvalue weighted by molar-refractivity contribution is 5.50. The predicted octanol–water partition coefficient (Wildman–Crippen LogP) is 4.18. The van der Waals surface area contributed by atoms with Crippen molar-refractivity contribution in [2.45, 2.75) is 13.0 Å². The normalized spacial score (nSPS) is 12.1. The summed E-state index contributed by atoms with van der Waals surface area (Å²) < 4.78 is 15.0. The van der Waals surface area contributed by atoms with E-state index in [0.29, 0.717) is 0 Å². The number of benzene rings is 2. The minimum absolute atomic E-state index is 0.0382. The molecule has 0 amide bonds. The van der Waals surface area contributed by atoms with Crippen molar-refractivity contribution in [1.29, 1.82) is 0 Å². The lowest BCUT2D eigenvalue weighted by Crippen LogP contribution is -2.07. The summed E-state index contributed by atoms with van der Waals surface area (Å²) in [6, 6.07) is 16.5. The van der Waals surface area contributed by atoms with Crippen molar-refractivity contribution in [2.75, 3.05) is 5.32 Å². The van der Waals surface area contributed by atoms with E-state index in [-0.39, 0.29) is 11.9 Å². The maximum atomic E-state index is 13.2. The third-order valence-corrected chi connectivity index (χ3v) is 3.37. The van der Waals surface area contributed by atoms with E-state index in [0.717, 1.165) is 16.9 Å². The van der Waals surface area contributed by atoms with Crippen LogP contribution in [0.4, 0.5) is 10.1 Å². The minimum Gasteiger partial charge on any atom is -0.379 e. The lowest BCUT2D eigenvalue weighted by molar-refractivity contribution is 0.623. The highest BCUT2D eigenvalue weighted by atomic mass is 19.1. The van der Waals surface area contributed by atoms with Crippen LogP contribution >= 0.6 is 0 Å². The van der Waals surface area contributed by atoms with Gasteiger partial charge in [-0.05, 0) is 55.0 Å². The number of rotatable bonds is 4. The van der Waals surface area contributed by atoms with E-state index in [1.165, 1.54) is 6.07 Å². The molecule has 2 aromatic carbocycles. The second-order valence-corrected chi connectivity index (χ2v) is 4.92. The van der Waals surface area contributed by atoms with E-state index in [1.807, 2.05) is 49.5 Å². The summed E-state index contributed by atoms with van der Waals surface area (Å²) in [5.41, 5.74) is 2.91. The number of aromatic nitrogens is 2. The minimum atomic E-state index is -0.213. The van der Waals surface area contributed by atoms with Crippen molar-refractivity contribution in [3.8, 4) is 5.69 Å². The van der Waals surface area contributed by atoms with Crippen LogP contribution in [0.2, 0.25) is 0 Å². The molecule has 0 saturated heterocycles. The average molecular weight is 281 g/mol. The first-order valence-corrected chi connectivity index (χ1v) is 6.84. The first kappa shape index (κ1) is 13.4. The van der Waals surface area contributed by atoms with Gasteiger partial charge in [0.1, 0.15) is 5.82 Å². The molecule has 0 aliphatic rings. The molecule has 4 heteroatoms. The predicted molar refractivity (Wildman–Crippen MR) is 82.0 cm³/mol. The smallest absolute Gasteiger partial charge is 0.123 e. The van der Waals surface area contributed by atoms with Crippen molar-refractivity contribution in [1.82, 2.24) is 9.78 Å². The van der Waals surface area contributed by atoms with E-state index >= 15 is 0 Å². The van der Waals surface area contributed by atoms with Gasteiger partial charge in [0.2, 0.25) is 0 Å². The molecule has 0 spiro atoms. The van der Waals surface area contributed by atoms with E-state index < -0.39 is 0 Å². The Hall–Kier alpha value is -2.62. The summed E-state index contributed by atoms with van der Waals surface area (Å²) in [5.74, 6) is -0.213. The fourth-order valence-corrected chi connectivity index (χ4v) is 2.24. The summed E-state index contributed by atoms with van der Waals surface area (Å²) in [5, 5.41) is 7.55. The molecular formula is C17H16FN3. The van der Waals surface area contributed by atoms with Crippen LogP contribution in [0.1, 0.15) is 18.5 Å². The fraction of sp³-hybridized carbons (Fsp3) is 0.118. The van der Waals surface area contributed by atoms with E-state index in [9.17, 15) is 4.39 Å². The molecule has 0 saturated carbocycles. The van der Waals surface area contributed by atoms with Gasteiger partial charge < -0.3 is 5.32 Å². The van der Waals surface area contributed by atoms with Gasteiger partial charge in [-0.1, -0.05) is 12.1 Å². The Bertz CT molecular complexity index is 705. The zero-order valence-electron chi connectivity index (χ0n) is 11.7. The van der Waals surface area contributed by atoms with Gasteiger partial charge in [0.05, 0.1) is 5.69 Å².